The van der Waals surface area contributed by atoms with E-state index in [2.05, 4.69) is 20.7 Å². The fourth-order valence-electron chi connectivity index (χ4n) is 1.74. The third-order valence-corrected chi connectivity index (χ3v) is 5.43. The molecule has 1 heterocycles. The molecule has 8 heteroatoms. The lowest BCUT2D eigenvalue weighted by Crippen LogP contribution is -2.31. The molecule has 0 aliphatic carbocycles. The highest BCUT2D eigenvalue weighted by Gasteiger charge is 2.19. The maximum atomic E-state index is 12.2. The Kier molecular flexibility index (Phi) is 5.60. The molecular weight excluding hydrogens is 390 g/mol. The van der Waals surface area contributed by atoms with Gasteiger partial charge >= 0.3 is 0 Å². The van der Waals surface area contributed by atoms with Crippen LogP contribution in [0.1, 0.15) is 12.5 Å². The number of amides is 1. The Labute approximate surface area is 141 Å². The van der Waals surface area contributed by atoms with E-state index in [1.807, 2.05) is 12.3 Å². The summed E-state index contributed by atoms with van der Waals surface area (Å²) < 4.78 is 32.3. The second kappa shape index (κ2) is 7.26. The molecular formula is C14H14BrNO4S2. The number of carbonyl (C=O) groups excluding carboxylic acids is 1. The number of hydrogen-bond acceptors (Lipinski definition) is 5. The predicted octanol–water partition coefficient (Wildman–Crippen LogP) is 2.96. The molecule has 1 amide bonds. The fourth-order valence-corrected chi connectivity index (χ4v) is 4.07. The van der Waals surface area contributed by atoms with Crippen LogP contribution in [0.15, 0.2) is 44.4 Å². The molecule has 1 N–H and O–H groups in total. The normalized spacial score (nSPS) is 11.2. The molecule has 2 rings (SSSR count). The zero-order valence-electron chi connectivity index (χ0n) is 11.7. The van der Waals surface area contributed by atoms with E-state index < -0.39 is 15.9 Å². The van der Waals surface area contributed by atoms with E-state index in [1.54, 1.807) is 17.5 Å². The predicted molar refractivity (Wildman–Crippen MR) is 88.7 cm³/mol. The third kappa shape index (κ3) is 4.31. The number of sulfonamides is 1. The molecule has 0 saturated carbocycles. The maximum absolute atomic E-state index is 12.2. The Bertz CT molecular complexity index is 757. The molecule has 0 spiro atoms. The molecule has 0 aliphatic rings. The number of hydrogen-bond donors (Lipinski definition) is 1. The van der Waals surface area contributed by atoms with Gasteiger partial charge in [-0.05, 0) is 63.4 Å². The molecule has 5 nitrogen and oxygen atoms in total. The minimum atomic E-state index is -3.90. The van der Waals surface area contributed by atoms with E-state index in [0.29, 0.717) is 16.8 Å². The highest BCUT2D eigenvalue weighted by atomic mass is 79.9. The highest BCUT2D eigenvalue weighted by Crippen LogP contribution is 2.27. The van der Waals surface area contributed by atoms with Gasteiger partial charge in [-0.25, -0.2) is 13.1 Å². The van der Waals surface area contributed by atoms with Gasteiger partial charge in [0.1, 0.15) is 5.75 Å². The monoisotopic (exact) mass is 403 g/mol. The Morgan fingerprint density at radius 3 is 2.73 bits per heavy atom. The molecule has 0 atom stereocenters. The first-order valence-corrected chi connectivity index (χ1v) is 9.63. The Hall–Kier alpha value is -1.38. The van der Waals surface area contributed by atoms with Gasteiger partial charge in [-0.2, -0.15) is 11.3 Å². The molecule has 0 unspecified atom stereocenters. The van der Waals surface area contributed by atoms with Crippen LogP contribution >= 0.6 is 27.3 Å². The third-order valence-electron chi connectivity index (χ3n) is 2.71. The van der Waals surface area contributed by atoms with E-state index in [0.717, 1.165) is 5.56 Å². The van der Waals surface area contributed by atoms with Crippen molar-refractivity contribution in [3.05, 3.63) is 45.1 Å². The van der Waals surface area contributed by atoms with Crippen molar-refractivity contribution in [2.45, 2.75) is 18.2 Å². The average molecular weight is 404 g/mol. The Morgan fingerprint density at radius 2 is 2.14 bits per heavy atom. The Morgan fingerprint density at radius 1 is 1.36 bits per heavy atom. The lowest BCUT2D eigenvalue weighted by atomic mass is 10.2. The Balaban J connectivity index is 2.12. The van der Waals surface area contributed by atoms with Gasteiger partial charge in [0.15, 0.2) is 0 Å². The summed E-state index contributed by atoms with van der Waals surface area (Å²) in [5.41, 5.74) is 0.783. The quantitative estimate of drug-likeness (QED) is 0.804. The first-order valence-electron chi connectivity index (χ1n) is 6.41. The summed E-state index contributed by atoms with van der Waals surface area (Å²) in [6.45, 7) is 2.31. The first-order chi connectivity index (χ1) is 10.4. The molecule has 22 heavy (non-hydrogen) atoms. The van der Waals surface area contributed by atoms with Crippen molar-refractivity contribution >= 4 is 43.2 Å². The van der Waals surface area contributed by atoms with Crippen LogP contribution in [-0.2, 0) is 21.2 Å². The van der Waals surface area contributed by atoms with Gasteiger partial charge in [-0.15, -0.1) is 0 Å². The van der Waals surface area contributed by atoms with Crippen LogP contribution in [0.2, 0.25) is 0 Å². The largest absolute Gasteiger partial charge is 0.493 e. The zero-order chi connectivity index (χ0) is 16.2. The van der Waals surface area contributed by atoms with Gasteiger partial charge in [-0.3, -0.25) is 4.79 Å². The van der Waals surface area contributed by atoms with Crippen molar-refractivity contribution in [2.75, 3.05) is 6.61 Å². The molecule has 2 aromatic rings. The molecule has 1 aromatic heterocycles. The number of carbonyl (C=O) groups is 1. The van der Waals surface area contributed by atoms with Crippen LogP contribution in [0.3, 0.4) is 0 Å². The second-order valence-electron chi connectivity index (χ2n) is 4.36. The summed E-state index contributed by atoms with van der Waals surface area (Å²) in [7, 11) is -3.90. The number of nitrogens with one attached hydrogen (secondary N) is 1. The van der Waals surface area contributed by atoms with E-state index >= 15 is 0 Å². The van der Waals surface area contributed by atoms with Gasteiger partial charge < -0.3 is 4.74 Å². The summed E-state index contributed by atoms with van der Waals surface area (Å²) in [5, 5.41) is 3.64. The second-order valence-corrected chi connectivity index (χ2v) is 7.68. The maximum Gasteiger partial charge on any atom is 0.264 e. The van der Waals surface area contributed by atoms with E-state index in [1.165, 1.54) is 23.5 Å². The van der Waals surface area contributed by atoms with Gasteiger partial charge in [0.05, 0.1) is 22.4 Å². The summed E-state index contributed by atoms with van der Waals surface area (Å²) in [5.74, 6) is -0.0190. The highest BCUT2D eigenvalue weighted by molar-refractivity contribution is 9.10. The minimum Gasteiger partial charge on any atom is -0.493 e. The smallest absolute Gasteiger partial charge is 0.264 e. The van der Waals surface area contributed by atoms with Crippen molar-refractivity contribution in [2.24, 2.45) is 0 Å². The van der Waals surface area contributed by atoms with Crippen molar-refractivity contribution in [3.63, 3.8) is 0 Å². The van der Waals surface area contributed by atoms with E-state index in [4.69, 9.17) is 4.74 Å². The van der Waals surface area contributed by atoms with Gasteiger partial charge in [0.2, 0.25) is 5.91 Å². The van der Waals surface area contributed by atoms with Gasteiger partial charge in [-0.1, -0.05) is 0 Å². The van der Waals surface area contributed by atoms with Gasteiger partial charge in [0.25, 0.3) is 10.0 Å². The molecule has 118 valence electrons. The van der Waals surface area contributed by atoms with Crippen LogP contribution in [0.4, 0.5) is 0 Å². The minimum absolute atomic E-state index is 0.00139. The fraction of sp³-hybridized carbons (Fsp3) is 0.214. The molecule has 0 bridgehead atoms. The summed E-state index contributed by atoms with van der Waals surface area (Å²) in [4.78, 5) is 11.8. The van der Waals surface area contributed by atoms with Crippen LogP contribution in [0, 0.1) is 0 Å². The lowest BCUT2D eigenvalue weighted by Gasteiger charge is -2.09. The van der Waals surface area contributed by atoms with E-state index in [-0.39, 0.29) is 11.3 Å². The number of thiophene rings is 1. The summed E-state index contributed by atoms with van der Waals surface area (Å²) >= 11 is 4.71. The standard InChI is InChI=1S/C14H14BrNO4S2/c1-2-20-13-4-3-11(8-12(13)15)22(18,19)16-14(17)7-10-5-6-21-9-10/h3-6,8-9H,2,7H2,1H3,(H,16,17). The zero-order valence-corrected chi connectivity index (χ0v) is 14.9. The van der Waals surface area contributed by atoms with Crippen molar-refractivity contribution < 1.29 is 17.9 Å². The molecule has 0 fully saturated rings. The summed E-state index contributed by atoms with van der Waals surface area (Å²) in [6.07, 6.45) is 0.0287. The first kappa shape index (κ1) is 17.0. The number of ether oxygens (including phenoxy) is 1. The lowest BCUT2D eigenvalue weighted by molar-refractivity contribution is -0.118. The van der Waals surface area contributed by atoms with Crippen molar-refractivity contribution in [1.82, 2.24) is 4.72 Å². The SMILES string of the molecule is CCOc1ccc(S(=O)(=O)NC(=O)Cc2ccsc2)cc1Br. The van der Waals surface area contributed by atoms with Crippen LogP contribution < -0.4 is 9.46 Å². The topological polar surface area (TPSA) is 72.5 Å². The van der Waals surface area contributed by atoms with Crippen LogP contribution in [0.25, 0.3) is 0 Å². The van der Waals surface area contributed by atoms with Crippen molar-refractivity contribution in [3.8, 4) is 5.75 Å². The van der Waals surface area contributed by atoms with E-state index in [9.17, 15) is 13.2 Å². The van der Waals surface area contributed by atoms with Crippen LogP contribution in [0.5, 0.6) is 5.75 Å². The average Bonchev–Trinajstić information content (AvgIpc) is 2.93. The number of rotatable bonds is 6. The molecule has 1 aromatic carbocycles. The number of halogens is 1. The molecule has 0 saturated heterocycles. The number of benzene rings is 1. The molecule has 0 radical (unpaired) electrons. The van der Waals surface area contributed by atoms with Crippen LogP contribution in [-0.4, -0.2) is 20.9 Å². The molecule has 0 aliphatic heterocycles. The van der Waals surface area contributed by atoms with Crippen molar-refractivity contribution in [1.29, 1.82) is 0 Å². The van der Waals surface area contributed by atoms with Gasteiger partial charge in [0, 0.05) is 0 Å². The summed E-state index contributed by atoms with van der Waals surface area (Å²) in [6, 6.07) is 6.14.